The lowest BCUT2D eigenvalue weighted by Crippen LogP contribution is -2.36. The minimum atomic E-state index is -0.608. The highest BCUT2D eigenvalue weighted by molar-refractivity contribution is 7.08. The molecule has 1 aromatic carbocycles. The predicted octanol–water partition coefficient (Wildman–Crippen LogP) is 4.25. The lowest BCUT2D eigenvalue weighted by Gasteiger charge is -2.24. The van der Waals surface area contributed by atoms with E-state index in [1.165, 1.54) is 18.2 Å². The second-order valence-corrected chi connectivity index (χ2v) is 6.36. The van der Waals surface area contributed by atoms with Gasteiger partial charge in [0.25, 0.3) is 5.91 Å². The monoisotopic (exact) mass is 311 g/mol. The predicted molar refractivity (Wildman–Crippen MR) is 81.1 cm³/mol. The van der Waals surface area contributed by atoms with Crippen LogP contribution >= 0.6 is 22.9 Å². The molecule has 0 saturated carbocycles. The molecule has 0 radical (unpaired) electrons. The van der Waals surface area contributed by atoms with E-state index in [0.29, 0.717) is 6.54 Å². The van der Waals surface area contributed by atoms with E-state index in [1.54, 1.807) is 11.3 Å². The van der Waals surface area contributed by atoms with Crippen LogP contribution in [-0.4, -0.2) is 12.5 Å². The molecule has 0 bridgehead atoms. The van der Waals surface area contributed by atoms with Crippen LogP contribution in [0.25, 0.3) is 0 Å². The first-order chi connectivity index (χ1) is 9.42. The molecule has 0 saturated heterocycles. The summed E-state index contributed by atoms with van der Waals surface area (Å²) in [5.74, 6) is -1.10. The van der Waals surface area contributed by atoms with Crippen LogP contribution in [0.4, 0.5) is 4.39 Å². The summed E-state index contributed by atoms with van der Waals surface area (Å²) in [5.41, 5.74) is 0.825. The number of amides is 1. The minimum Gasteiger partial charge on any atom is -0.351 e. The van der Waals surface area contributed by atoms with Crippen molar-refractivity contribution in [2.24, 2.45) is 0 Å². The first-order valence-corrected chi connectivity index (χ1v) is 7.49. The molecule has 2 nitrogen and oxygen atoms in total. The zero-order valence-corrected chi connectivity index (χ0v) is 12.8. The molecule has 1 aromatic heterocycles. The first-order valence-electron chi connectivity index (χ1n) is 6.17. The normalized spacial score (nSPS) is 11.4. The molecule has 0 aliphatic rings. The summed E-state index contributed by atoms with van der Waals surface area (Å²) in [5, 5.41) is 6.91. The van der Waals surface area contributed by atoms with Crippen LogP contribution in [0, 0.1) is 5.82 Å². The molecular weight excluding hydrogens is 297 g/mol. The van der Waals surface area contributed by atoms with E-state index >= 15 is 0 Å². The van der Waals surface area contributed by atoms with Crippen LogP contribution in [0.15, 0.2) is 35.0 Å². The summed E-state index contributed by atoms with van der Waals surface area (Å²) in [6, 6.07) is 6.23. The van der Waals surface area contributed by atoms with Gasteiger partial charge in [0.15, 0.2) is 0 Å². The number of thiophene rings is 1. The number of carbonyl (C=O) groups excluding carboxylic acids is 1. The Morgan fingerprint density at radius 1 is 1.40 bits per heavy atom. The van der Waals surface area contributed by atoms with Crippen molar-refractivity contribution in [3.05, 3.63) is 57.0 Å². The maximum atomic E-state index is 13.7. The van der Waals surface area contributed by atoms with Gasteiger partial charge in [0.1, 0.15) is 5.82 Å². The molecule has 5 heteroatoms. The maximum Gasteiger partial charge on any atom is 0.255 e. The van der Waals surface area contributed by atoms with Gasteiger partial charge in [0.2, 0.25) is 0 Å². The highest BCUT2D eigenvalue weighted by Crippen LogP contribution is 2.25. The van der Waals surface area contributed by atoms with E-state index in [1.807, 2.05) is 30.7 Å². The lowest BCUT2D eigenvalue weighted by atomic mass is 9.86. The Morgan fingerprint density at radius 2 is 2.15 bits per heavy atom. The van der Waals surface area contributed by atoms with E-state index in [9.17, 15) is 9.18 Å². The Kier molecular flexibility index (Phi) is 4.45. The largest absolute Gasteiger partial charge is 0.351 e. The second kappa shape index (κ2) is 5.94. The molecular formula is C15H15ClFNOS. The average molecular weight is 312 g/mol. The quantitative estimate of drug-likeness (QED) is 0.898. The molecule has 0 unspecified atom stereocenters. The maximum absolute atomic E-state index is 13.7. The Hall–Kier alpha value is -1.39. The third kappa shape index (κ3) is 3.19. The van der Waals surface area contributed by atoms with E-state index < -0.39 is 11.7 Å². The van der Waals surface area contributed by atoms with Crippen LogP contribution in [-0.2, 0) is 5.41 Å². The van der Waals surface area contributed by atoms with Crippen molar-refractivity contribution in [2.45, 2.75) is 19.3 Å². The number of benzene rings is 1. The van der Waals surface area contributed by atoms with Crippen molar-refractivity contribution in [3.8, 4) is 0 Å². The molecule has 0 fully saturated rings. The van der Waals surface area contributed by atoms with E-state index in [4.69, 9.17) is 11.6 Å². The van der Waals surface area contributed by atoms with Crippen molar-refractivity contribution in [3.63, 3.8) is 0 Å². The molecule has 2 aromatic rings. The molecule has 106 valence electrons. The molecule has 0 aliphatic heterocycles. The van der Waals surface area contributed by atoms with Crippen LogP contribution in [0.1, 0.15) is 29.8 Å². The van der Waals surface area contributed by atoms with Crippen molar-refractivity contribution >= 4 is 28.8 Å². The number of halogens is 2. The molecule has 1 N–H and O–H groups in total. The van der Waals surface area contributed by atoms with Gasteiger partial charge in [0.05, 0.1) is 10.6 Å². The summed E-state index contributed by atoms with van der Waals surface area (Å²) >= 11 is 7.48. The molecule has 20 heavy (non-hydrogen) atoms. The third-order valence-corrected chi connectivity index (χ3v) is 4.18. The van der Waals surface area contributed by atoms with E-state index in [-0.39, 0.29) is 16.0 Å². The van der Waals surface area contributed by atoms with E-state index in [0.717, 1.165) is 5.56 Å². The highest BCUT2D eigenvalue weighted by Gasteiger charge is 2.23. The van der Waals surface area contributed by atoms with Crippen LogP contribution < -0.4 is 5.32 Å². The number of nitrogens with one attached hydrogen (secondary N) is 1. The fourth-order valence-corrected chi connectivity index (χ4v) is 2.95. The van der Waals surface area contributed by atoms with Crippen LogP contribution in [0.5, 0.6) is 0 Å². The SMILES string of the molecule is CC(C)(CNC(=O)c1c(F)cccc1Cl)c1ccsc1. The molecule has 1 amide bonds. The summed E-state index contributed by atoms with van der Waals surface area (Å²) < 4.78 is 13.7. The van der Waals surface area contributed by atoms with Crippen molar-refractivity contribution in [1.82, 2.24) is 5.32 Å². The molecule has 0 atom stereocenters. The fourth-order valence-electron chi connectivity index (χ4n) is 1.86. The number of carbonyl (C=O) groups is 1. The van der Waals surface area contributed by atoms with Gasteiger partial charge in [-0.15, -0.1) is 0 Å². The number of hydrogen-bond acceptors (Lipinski definition) is 2. The minimum absolute atomic E-state index is 0.102. The summed E-state index contributed by atoms with van der Waals surface area (Å²) in [6.07, 6.45) is 0. The number of hydrogen-bond donors (Lipinski definition) is 1. The van der Waals surface area contributed by atoms with Gasteiger partial charge in [-0.3, -0.25) is 4.79 Å². The van der Waals surface area contributed by atoms with Crippen molar-refractivity contribution < 1.29 is 9.18 Å². The van der Waals surface area contributed by atoms with Gasteiger partial charge in [-0.05, 0) is 34.5 Å². The third-order valence-electron chi connectivity index (χ3n) is 3.18. The highest BCUT2D eigenvalue weighted by atomic mass is 35.5. The van der Waals surface area contributed by atoms with Gasteiger partial charge in [-0.2, -0.15) is 11.3 Å². The summed E-state index contributed by atoms with van der Waals surface area (Å²) in [7, 11) is 0. The topological polar surface area (TPSA) is 29.1 Å². The van der Waals surface area contributed by atoms with Gasteiger partial charge in [-0.25, -0.2) is 4.39 Å². The number of rotatable bonds is 4. The van der Waals surface area contributed by atoms with Gasteiger partial charge in [-0.1, -0.05) is 31.5 Å². The van der Waals surface area contributed by atoms with Gasteiger partial charge >= 0.3 is 0 Å². The van der Waals surface area contributed by atoms with Gasteiger partial charge in [0, 0.05) is 12.0 Å². The Morgan fingerprint density at radius 3 is 2.75 bits per heavy atom. The Labute approximate surface area is 126 Å². The molecule has 1 heterocycles. The summed E-state index contributed by atoms with van der Waals surface area (Å²) in [4.78, 5) is 12.1. The molecule has 2 rings (SSSR count). The fraction of sp³-hybridized carbons (Fsp3) is 0.267. The van der Waals surface area contributed by atoms with E-state index in [2.05, 4.69) is 5.32 Å². The molecule has 0 spiro atoms. The van der Waals surface area contributed by atoms with Crippen molar-refractivity contribution in [2.75, 3.05) is 6.54 Å². The Balaban J connectivity index is 2.10. The lowest BCUT2D eigenvalue weighted by molar-refractivity contribution is 0.0942. The standard InChI is InChI=1S/C15H15ClFNOS/c1-15(2,10-6-7-20-8-10)9-18-14(19)13-11(16)4-3-5-12(13)17/h3-8H,9H2,1-2H3,(H,18,19). The Bertz CT molecular complexity index is 590. The van der Waals surface area contributed by atoms with Crippen molar-refractivity contribution in [1.29, 1.82) is 0 Å². The van der Waals surface area contributed by atoms with Crippen LogP contribution in [0.3, 0.4) is 0 Å². The van der Waals surface area contributed by atoms with Crippen LogP contribution in [0.2, 0.25) is 5.02 Å². The molecule has 0 aliphatic carbocycles. The summed E-state index contributed by atoms with van der Waals surface area (Å²) in [6.45, 7) is 4.46. The average Bonchev–Trinajstić information content (AvgIpc) is 2.91. The zero-order valence-electron chi connectivity index (χ0n) is 11.2. The zero-order chi connectivity index (χ0) is 14.8. The van der Waals surface area contributed by atoms with Gasteiger partial charge < -0.3 is 5.32 Å². The second-order valence-electron chi connectivity index (χ2n) is 5.18. The first kappa shape index (κ1) is 15.0. The smallest absolute Gasteiger partial charge is 0.255 e.